The fraction of sp³-hybridized carbons (Fsp3) is 0.158. The van der Waals surface area contributed by atoms with Crippen LogP contribution in [0.4, 0.5) is 11.4 Å². The van der Waals surface area contributed by atoms with E-state index in [-0.39, 0.29) is 11.7 Å². The van der Waals surface area contributed by atoms with E-state index in [9.17, 15) is 9.59 Å². The number of amides is 2. The molecule has 2 N–H and O–H groups in total. The lowest BCUT2D eigenvalue weighted by molar-refractivity contribution is -0.122. The van der Waals surface area contributed by atoms with Gasteiger partial charge in [-0.2, -0.15) is 0 Å². The van der Waals surface area contributed by atoms with Crippen LogP contribution in [0.15, 0.2) is 40.8 Å². The number of anilines is 2. The number of nitrogens with one attached hydrogen (secondary N) is 2. The zero-order valence-corrected chi connectivity index (χ0v) is 14.8. The number of fused-ring (bicyclic) bond motifs is 2. The number of hydrogen-bond acceptors (Lipinski definition) is 4. The Balaban J connectivity index is 1.63. The Kier molecular flexibility index (Phi) is 3.85. The number of aryl methyl sites for hydroxylation is 1. The zero-order valence-electron chi connectivity index (χ0n) is 14.1. The van der Waals surface area contributed by atoms with E-state index in [1.54, 1.807) is 38.1 Å². The number of halogens is 1. The maximum absolute atomic E-state index is 12.6. The lowest BCUT2D eigenvalue weighted by atomic mass is 10.1. The Morgan fingerprint density at radius 1 is 1.27 bits per heavy atom. The zero-order chi connectivity index (χ0) is 18.4. The predicted molar refractivity (Wildman–Crippen MR) is 99.1 cm³/mol. The number of furan rings is 1. The fourth-order valence-corrected chi connectivity index (χ4v) is 3.11. The lowest BCUT2D eigenvalue weighted by Crippen LogP contribution is -2.34. The number of ether oxygens (including phenoxy) is 1. The molecule has 7 heteroatoms. The van der Waals surface area contributed by atoms with E-state index >= 15 is 0 Å². The third kappa shape index (κ3) is 2.68. The molecule has 0 saturated heterocycles. The highest BCUT2D eigenvalue weighted by Crippen LogP contribution is 2.34. The highest BCUT2D eigenvalue weighted by atomic mass is 35.5. The minimum Gasteiger partial charge on any atom is -0.479 e. The van der Waals surface area contributed by atoms with E-state index in [1.165, 1.54) is 0 Å². The maximum Gasteiger partial charge on any atom is 0.291 e. The predicted octanol–water partition coefficient (Wildman–Crippen LogP) is 4.37. The van der Waals surface area contributed by atoms with Gasteiger partial charge in [-0.15, -0.1) is 0 Å². The van der Waals surface area contributed by atoms with Crippen molar-refractivity contribution >= 4 is 45.8 Å². The first-order valence-electron chi connectivity index (χ1n) is 8.04. The van der Waals surface area contributed by atoms with Crippen LogP contribution in [-0.2, 0) is 4.79 Å². The summed E-state index contributed by atoms with van der Waals surface area (Å²) in [6.45, 7) is 3.48. The van der Waals surface area contributed by atoms with Crippen LogP contribution in [0.3, 0.4) is 0 Å². The molecule has 132 valence electrons. The molecule has 1 aliphatic rings. The van der Waals surface area contributed by atoms with E-state index in [2.05, 4.69) is 10.6 Å². The molecular weight excluding hydrogens is 356 g/mol. The molecular formula is C19H15ClN2O4. The molecule has 1 atom stereocenters. The molecule has 26 heavy (non-hydrogen) atoms. The van der Waals surface area contributed by atoms with E-state index < -0.39 is 12.0 Å². The largest absolute Gasteiger partial charge is 0.479 e. The Hall–Kier alpha value is -2.99. The monoisotopic (exact) mass is 370 g/mol. The van der Waals surface area contributed by atoms with Crippen molar-refractivity contribution in [3.05, 3.63) is 52.7 Å². The second-order valence-corrected chi connectivity index (χ2v) is 6.49. The average molecular weight is 371 g/mol. The topological polar surface area (TPSA) is 80.6 Å². The van der Waals surface area contributed by atoms with E-state index in [0.29, 0.717) is 33.3 Å². The minimum atomic E-state index is -0.550. The highest BCUT2D eigenvalue weighted by Gasteiger charge is 2.24. The molecule has 4 rings (SSSR count). The van der Waals surface area contributed by atoms with Crippen LogP contribution in [0.1, 0.15) is 23.0 Å². The molecule has 2 amide bonds. The summed E-state index contributed by atoms with van der Waals surface area (Å²) in [5, 5.41) is 6.77. The smallest absolute Gasteiger partial charge is 0.291 e. The minimum absolute atomic E-state index is 0.194. The molecule has 2 heterocycles. The third-order valence-corrected chi connectivity index (χ3v) is 4.59. The first-order chi connectivity index (χ1) is 12.4. The second kappa shape index (κ2) is 6.07. The van der Waals surface area contributed by atoms with Gasteiger partial charge in [0.05, 0.1) is 10.7 Å². The van der Waals surface area contributed by atoms with Gasteiger partial charge >= 0.3 is 0 Å². The van der Waals surface area contributed by atoms with Gasteiger partial charge in [0.1, 0.15) is 5.75 Å². The maximum atomic E-state index is 12.6. The molecule has 6 nitrogen and oxygen atoms in total. The van der Waals surface area contributed by atoms with Crippen molar-refractivity contribution in [3.8, 4) is 5.75 Å². The molecule has 2 aromatic carbocycles. The number of rotatable bonds is 2. The van der Waals surface area contributed by atoms with Gasteiger partial charge in [0, 0.05) is 16.6 Å². The molecule has 0 unspecified atom stereocenters. The Morgan fingerprint density at radius 3 is 2.85 bits per heavy atom. The summed E-state index contributed by atoms with van der Waals surface area (Å²) in [6.07, 6.45) is -0.550. The van der Waals surface area contributed by atoms with Crippen LogP contribution >= 0.6 is 11.6 Å². The molecule has 0 fully saturated rings. The van der Waals surface area contributed by atoms with Crippen LogP contribution in [0.25, 0.3) is 11.0 Å². The van der Waals surface area contributed by atoms with Crippen molar-refractivity contribution in [3.63, 3.8) is 0 Å². The quantitative estimate of drug-likeness (QED) is 0.702. The average Bonchev–Trinajstić information content (AvgIpc) is 2.95. The number of carbonyl (C=O) groups excluding carboxylic acids is 2. The summed E-state index contributed by atoms with van der Waals surface area (Å²) in [5.41, 5.74) is 2.22. The number of benzene rings is 2. The third-order valence-electron chi connectivity index (χ3n) is 4.29. The Bertz CT molecular complexity index is 1060. The molecule has 0 saturated carbocycles. The number of para-hydroxylation sites is 1. The van der Waals surface area contributed by atoms with Crippen LogP contribution < -0.4 is 15.4 Å². The highest BCUT2D eigenvalue weighted by molar-refractivity contribution is 6.35. The van der Waals surface area contributed by atoms with Crippen molar-refractivity contribution in [1.29, 1.82) is 0 Å². The van der Waals surface area contributed by atoms with Gasteiger partial charge < -0.3 is 19.8 Å². The number of carbonyl (C=O) groups is 2. The van der Waals surface area contributed by atoms with Crippen LogP contribution in [0.5, 0.6) is 5.75 Å². The molecule has 0 radical (unpaired) electrons. The molecule has 0 bridgehead atoms. The fourth-order valence-electron chi connectivity index (χ4n) is 2.90. The summed E-state index contributed by atoms with van der Waals surface area (Å²) in [7, 11) is 0. The molecule has 1 aromatic heterocycles. The Morgan fingerprint density at radius 2 is 2.08 bits per heavy atom. The van der Waals surface area contributed by atoms with Gasteiger partial charge in [-0.3, -0.25) is 9.59 Å². The van der Waals surface area contributed by atoms with E-state index in [1.807, 2.05) is 12.1 Å². The molecule has 1 aliphatic heterocycles. The summed E-state index contributed by atoms with van der Waals surface area (Å²) in [4.78, 5) is 24.4. The van der Waals surface area contributed by atoms with Crippen molar-refractivity contribution in [2.75, 3.05) is 10.6 Å². The normalized spacial score (nSPS) is 16.0. The van der Waals surface area contributed by atoms with Crippen LogP contribution in [0.2, 0.25) is 5.02 Å². The van der Waals surface area contributed by atoms with E-state index in [4.69, 9.17) is 20.8 Å². The molecule has 0 aliphatic carbocycles. The first-order valence-corrected chi connectivity index (χ1v) is 8.42. The SMILES string of the molecule is Cc1c(C(=O)Nc2ccc3c(c2)NC(=O)[C@@H](C)O3)oc2c(Cl)cccc12. The summed E-state index contributed by atoms with van der Waals surface area (Å²) < 4.78 is 11.2. The summed E-state index contributed by atoms with van der Waals surface area (Å²) in [5.74, 6) is 0.122. The van der Waals surface area contributed by atoms with Crippen molar-refractivity contribution in [2.45, 2.75) is 20.0 Å². The second-order valence-electron chi connectivity index (χ2n) is 6.09. The van der Waals surface area contributed by atoms with Gasteiger partial charge in [-0.05, 0) is 38.1 Å². The van der Waals surface area contributed by atoms with Crippen molar-refractivity contribution < 1.29 is 18.7 Å². The standard InChI is InChI=1S/C19H15ClN2O4/c1-9-12-4-3-5-13(20)17(12)26-16(9)19(24)21-11-6-7-15-14(8-11)22-18(23)10(2)25-15/h3-8,10H,1-2H3,(H,21,24)(H,22,23)/t10-/m1/s1. The number of hydrogen-bond donors (Lipinski definition) is 2. The van der Waals surface area contributed by atoms with Crippen LogP contribution in [-0.4, -0.2) is 17.9 Å². The van der Waals surface area contributed by atoms with Crippen molar-refractivity contribution in [2.24, 2.45) is 0 Å². The summed E-state index contributed by atoms with van der Waals surface area (Å²) >= 11 is 6.13. The Labute approximate surface area is 154 Å². The molecule has 0 spiro atoms. The van der Waals surface area contributed by atoms with Gasteiger partial charge in [-0.25, -0.2) is 0 Å². The first kappa shape index (κ1) is 16.5. The van der Waals surface area contributed by atoms with Gasteiger partial charge in [0.25, 0.3) is 11.8 Å². The molecule has 3 aromatic rings. The van der Waals surface area contributed by atoms with E-state index in [0.717, 1.165) is 5.39 Å². The summed E-state index contributed by atoms with van der Waals surface area (Å²) in [6, 6.07) is 10.4. The van der Waals surface area contributed by atoms with Crippen LogP contribution in [0, 0.1) is 6.92 Å². The van der Waals surface area contributed by atoms with Crippen molar-refractivity contribution in [1.82, 2.24) is 0 Å². The lowest BCUT2D eigenvalue weighted by Gasteiger charge is -2.23. The van der Waals surface area contributed by atoms with Gasteiger partial charge in [0.15, 0.2) is 17.4 Å². The van der Waals surface area contributed by atoms with Gasteiger partial charge in [0.2, 0.25) is 0 Å². The van der Waals surface area contributed by atoms with Gasteiger partial charge in [-0.1, -0.05) is 23.7 Å².